The van der Waals surface area contributed by atoms with Gasteiger partial charge in [-0.1, -0.05) is 131 Å². The maximum absolute atomic E-state index is 2.59. The van der Waals surface area contributed by atoms with Crippen molar-refractivity contribution < 1.29 is 0 Å². The zero-order valence-electron chi connectivity index (χ0n) is 32.3. The molecule has 0 amide bonds. The quantitative estimate of drug-likeness (QED) is 0.158. The maximum Gasteiger partial charge on any atom is 0.0549 e. The molecule has 2 heteroatoms. The van der Waals surface area contributed by atoms with E-state index in [4.69, 9.17) is 0 Å². The first-order chi connectivity index (χ1) is 27.3. The van der Waals surface area contributed by atoms with E-state index in [-0.39, 0.29) is 10.8 Å². The van der Waals surface area contributed by atoms with Gasteiger partial charge in [0.05, 0.1) is 22.1 Å². The molecule has 12 rings (SSSR count). The third-order valence-electron chi connectivity index (χ3n) is 13.5. The Morgan fingerprint density at radius 2 is 0.839 bits per heavy atom. The van der Waals surface area contributed by atoms with Gasteiger partial charge in [0.25, 0.3) is 0 Å². The third-order valence-corrected chi connectivity index (χ3v) is 13.5. The van der Waals surface area contributed by atoms with Crippen LogP contribution in [0.15, 0.2) is 158 Å². The number of nitrogens with zero attached hydrogens (tertiary/aromatic N) is 2. The Balaban J connectivity index is 1.28. The van der Waals surface area contributed by atoms with Crippen molar-refractivity contribution in [2.45, 2.75) is 51.4 Å². The largest absolute Gasteiger partial charge is 0.309 e. The molecule has 0 aliphatic heterocycles. The lowest BCUT2D eigenvalue weighted by molar-refractivity contribution is 0.332. The first kappa shape index (κ1) is 31.9. The highest BCUT2D eigenvalue weighted by molar-refractivity contribution is 6.27. The number of hydrogen-bond donors (Lipinski definition) is 0. The number of fused-ring (bicyclic) bond motifs is 15. The molecule has 0 unspecified atom stereocenters. The van der Waals surface area contributed by atoms with Gasteiger partial charge in [-0.2, -0.15) is 0 Å². The SMILES string of the molecule is CC1(C)CCC(C)(C)c2cc3c(cc21)c1cc2c(cc1n3-c1ccc3c4ccccc4c4ccccc4c3c1)c1c3ccccc3ccc1n2-c1ccccc1. The van der Waals surface area contributed by atoms with Crippen LogP contribution in [-0.2, 0) is 10.8 Å². The highest BCUT2D eigenvalue weighted by Gasteiger charge is 2.38. The van der Waals surface area contributed by atoms with Crippen LogP contribution < -0.4 is 0 Å². The normalized spacial score (nSPS) is 15.3. The van der Waals surface area contributed by atoms with Crippen LogP contribution in [0.2, 0.25) is 0 Å². The lowest BCUT2D eigenvalue weighted by atomic mass is 9.63. The van der Waals surface area contributed by atoms with Crippen molar-refractivity contribution in [1.82, 2.24) is 9.13 Å². The molecular formula is C54H42N2. The molecule has 1 aliphatic carbocycles. The Labute approximate surface area is 326 Å². The second kappa shape index (κ2) is 11.1. The van der Waals surface area contributed by atoms with Crippen LogP contribution in [0, 0.1) is 0 Å². The van der Waals surface area contributed by atoms with E-state index in [0.29, 0.717) is 0 Å². The van der Waals surface area contributed by atoms with Crippen LogP contribution in [-0.4, -0.2) is 9.13 Å². The van der Waals surface area contributed by atoms with Gasteiger partial charge in [-0.25, -0.2) is 0 Å². The number of para-hydroxylation sites is 1. The Bertz CT molecular complexity index is 3430. The molecule has 0 saturated heterocycles. The van der Waals surface area contributed by atoms with E-state index in [2.05, 4.69) is 195 Å². The average Bonchev–Trinajstić information content (AvgIpc) is 3.73. The Morgan fingerprint density at radius 1 is 0.339 bits per heavy atom. The van der Waals surface area contributed by atoms with E-state index >= 15 is 0 Å². The Hall–Kier alpha value is -6.38. The van der Waals surface area contributed by atoms with Crippen molar-refractivity contribution in [3.8, 4) is 11.4 Å². The zero-order valence-corrected chi connectivity index (χ0v) is 32.3. The van der Waals surface area contributed by atoms with E-state index in [1.807, 2.05) is 0 Å². The van der Waals surface area contributed by atoms with Crippen molar-refractivity contribution in [2.24, 2.45) is 0 Å². The number of aromatic nitrogens is 2. The first-order valence-corrected chi connectivity index (χ1v) is 20.1. The molecule has 0 spiro atoms. The zero-order chi connectivity index (χ0) is 37.5. The predicted molar refractivity (Wildman–Crippen MR) is 240 cm³/mol. The maximum atomic E-state index is 2.59. The molecule has 2 nitrogen and oxygen atoms in total. The van der Waals surface area contributed by atoms with Crippen LogP contribution in [0.25, 0.3) is 98.1 Å². The Kier molecular flexibility index (Phi) is 6.33. The van der Waals surface area contributed by atoms with Crippen LogP contribution >= 0.6 is 0 Å². The predicted octanol–water partition coefficient (Wildman–Crippen LogP) is 14.8. The van der Waals surface area contributed by atoms with Gasteiger partial charge in [0.2, 0.25) is 0 Å². The molecule has 0 saturated carbocycles. The summed E-state index contributed by atoms with van der Waals surface area (Å²) in [7, 11) is 0. The number of benzene rings is 9. The molecule has 0 atom stereocenters. The average molecular weight is 719 g/mol. The minimum Gasteiger partial charge on any atom is -0.309 e. The van der Waals surface area contributed by atoms with E-state index in [1.165, 1.54) is 122 Å². The summed E-state index contributed by atoms with van der Waals surface area (Å²) in [6.45, 7) is 9.78. The van der Waals surface area contributed by atoms with Gasteiger partial charge in [-0.15, -0.1) is 0 Å². The molecule has 2 heterocycles. The Morgan fingerprint density at radius 3 is 1.54 bits per heavy atom. The second-order valence-electron chi connectivity index (χ2n) is 17.6. The minimum atomic E-state index is 0.0859. The molecule has 0 radical (unpaired) electrons. The molecular weight excluding hydrogens is 677 g/mol. The standard InChI is InChI=1S/C54H42N2/c1-53(2)26-27-54(3,4)47-32-51-43(29-46(47)53)44-30-50-45(52-36-17-9-8-14-33(36)22-25-48(52)55(50)34-15-6-5-7-16-34)31-49(44)56(51)35-23-24-41-39-20-11-10-18-37(39)38-19-12-13-21-40(38)42(41)28-35/h5-25,28-32H,26-27H2,1-4H3. The fourth-order valence-electron chi connectivity index (χ4n) is 10.5. The molecule has 2 aromatic heterocycles. The topological polar surface area (TPSA) is 9.86 Å². The highest BCUT2D eigenvalue weighted by atomic mass is 15.0. The monoisotopic (exact) mass is 718 g/mol. The van der Waals surface area contributed by atoms with Crippen molar-refractivity contribution in [3.05, 3.63) is 169 Å². The fraction of sp³-hybridized carbons (Fsp3) is 0.148. The van der Waals surface area contributed by atoms with Crippen molar-refractivity contribution in [1.29, 1.82) is 0 Å². The van der Waals surface area contributed by atoms with Gasteiger partial charge in [-0.05, 0) is 132 Å². The molecule has 56 heavy (non-hydrogen) atoms. The molecule has 9 aromatic carbocycles. The summed E-state index contributed by atoms with van der Waals surface area (Å²) >= 11 is 0. The smallest absolute Gasteiger partial charge is 0.0549 e. The molecule has 11 aromatic rings. The fourth-order valence-corrected chi connectivity index (χ4v) is 10.5. The lowest BCUT2D eigenvalue weighted by Crippen LogP contribution is -2.33. The summed E-state index contributed by atoms with van der Waals surface area (Å²) in [6, 6.07) is 59.5. The van der Waals surface area contributed by atoms with Crippen LogP contribution in [0.1, 0.15) is 51.7 Å². The highest BCUT2D eigenvalue weighted by Crippen LogP contribution is 2.50. The van der Waals surface area contributed by atoms with E-state index in [9.17, 15) is 0 Å². The van der Waals surface area contributed by atoms with Gasteiger partial charge in [0, 0.05) is 32.9 Å². The van der Waals surface area contributed by atoms with Gasteiger partial charge in [0.1, 0.15) is 0 Å². The lowest BCUT2D eigenvalue weighted by Gasteiger charge is -2.42. The van der Waals surface area contributed by atoms with Gasteiger partial charge in [0.15, 0.2) is 0 Å². The van der Waals surface area contributed by atoms with E-state index in [1.54, 1.807) is 0 Å². The summed E-state index contributed by atoms with van der Waals surface area (Å²) in [6.07, 6.45) is 2.36. The summed E-state index contributed by atoms with van der Waals surface area (Å²) in [5.41, 5.74) is 10.5. The third kappa shape index (κ3) is 4.27. The summed E-state index contributed by atoms with van der Waals surface area (Å²) < 4.78 is 5.07. The molecule has 1 aliphatic rings. The molecule has 0 bridgehead atoms. The minimum absolute atomic E-state index is 0.0859. The van der Waals surface area contributed by atoms with Crippen molar-refractivity contribution in [3.63, 3.8) is 0 Å². The van der Waals surface area contributed by atoms with Crippen LogP contribution in [0.4, 0.5) is 0 Å². The first-order valence-electron chi connectivity index (χ1n) is 20.1. The molecule has 0 N–H and O–H groups in total. The van der Waals surface area contributed by atoms with Crippen molar-refractivity contribution in [2.75, 3.05) is 0 Å². The summed E-state index contributed by atoms with van der Waals surface area (Å²) in [4.78, 5) is 0. The number of hydrogen-bond acceptors (Lipinski definition) is 0. The number of rotatable bonds is 2. The van der Waals surface area contributed by atoms with E-state index in [0.717, 1.165) is 0 Å². The van der Waals surface area contributed by atoms with Gasteiger partial charge >= 0.3 is 0 Å². The molecule has 268 valence electrons. The second-order valence-corrected chi connectivity index (χ2v) is 17.6. The van der Waals surface area contributed by atoms with Gasteiger partial charge in [-0.3, -0.25) is 0 Å². The van der Waals surface area contributed by atoms with Crippen LogP contribution in [0.5, 0.6) is 0 Å². The molecule has 0 fully saturated rings. The van der Waals surface area contributed by atoms with Crippen LogP contribution in [0.3, 0.4) is 0 Å². The van der Waals surface area contributed by atoms with E-state index < -0.39 is 0 Å². The van der Waals surface area contributed by atoms with Gasteiger partial charge < -0.3 is 9.13 Å². The summed E-state index contributed by atoms with van der Waals surface area (Å²) in [5.74, 6) is 0. The van der Waals surface area contributed by atoms with Crippen molar-refractivity contribution >= 4 is 86.7 Å². The summed E-state index contributed by atoms with van der Waals surface area (Å²) in [5, 5.41) is 15.5.